The van der Waals surface area contributed by atoms with Gasteiger partial charge in [0.15, 0.2) is 0 Å². The first-order chi connectivity index (χ1) is 8.31. The Kier molecular flexibility index (Phi) is 4.18. The second-order valence-electron chi connectivity index (χ2n) is 4.56. The summed E-state index contributed by atoms with van der Waals surface area (Å²) >= 11 is 0. The van der Waals surface area contributed by atoms with Crippen LogP contribution in [0.4, 0.5) is 0 Å². The Morgan fingerprint density at radius 3 is 3.12 bits per heavy atom. The lowest BCUT2D eigenvalue weighted by Gasteiger charge is -2.13. The number of furan rings is 1. The van der Waals surface area contributed by atoms with Gasteiger partial charge < -0.3 is 14.6 Å². The van der Waals surface area contributed by atoms with Crippen molar-refractivity contribution in [3.8, 4) is 6.07 Å². The molecule has 0 radical (unpaired) electrons. The Balaban J connectivity index is 1.68. The van der Waals surface area contributed by atoms with Crippen LogP contribution in [0.2, 0.25) is 0 Å². The van der Waals surface area contributed by atoms with Gasteiger partial charge in [0.2, 0.25) is 5.76 Å². The Bertz CT molecular complexity index is 394. The Labute approximate surface area is 102 Å². The van der Waals surface area contributed by atoms with Crippen LogP contribution in [0, 0.1) is 17.2 Å². The predicted octanol–water partition coefficient (Wildman–Crippen LogP) is 1.58. The van der Waals surface area contributed by atoms with Gasteiger partial charge in [0.25, 0.3) is 0 Å². The molecule has 0 saturated carbocycles. The molecule has 4 heteroatoms. The van der Waals surface area contributed by atoms with Gasteiger partial charge in [-0.15, -0.1) is 0 Å². The van der Waals surface area contributed by atoms with Crippen molar-refractivity contribution in [2.45, 2.75) is 19.9 Å². The molecule has 17 heavy (non-hydrogen) atoms. The van der Waals surface area contributed by atoms with Crippen LogP contribution in [0.15, 0.2) is 16.5 Å². The fourth-order valence-electron chi connectivity index (χ4n) is 2.30. The van der Waals surface area contributed by atoms with Crippen LogP contribution in [0.3, 0.4) is 0 Å². The second-order valence-corrected chi connectivity index (χ2v) is 4.56. The molecule has 1 unspecified atom stereocenters. The minimum atomic E-state index is 0.389. The van der Waals surface area contributed by atoms with Gasteiger partial charge in [-0.3, -0.25) is 0 Å². The molecule has 92 valence electrons. The molecule has 0 spiro atoms. The van der Waals surface area contributed by atoms with Crippen molar-refractivity contribution in [3.05, 3.63) is 23.7 Å². The molecule has 4 nitrogen and oxygen atoms in total. The third-order valence-electron chi connectivity index (χ3n) is 3.32. The van der Waals surface area contributed by atoms with Gasteiger partial charge in [-0.05, 0) is 44.1 Å². The van der Waals surface area contributed by atoms with E-state index in [0.717, 1.165) is 24.8 Å². The van der Waals surface area contributed by atoms with Gasteiger partial charge in [0, 0.05) is 6.54 Å². The van der Waals surface area contributed by atoms with E-state index in [2.05, 4.69) is 17.1 Å². The zero-order valence-electron chi connectivity index (χ0n) is 10.3. The van der Waals surface area contributed by atoms with E-state index < -0.39 is 0 Å². The zero-order chi connectivity index (χ0) is 12.1. The highest BCUT2D eigenvalue weighted by Gasteiger charge is 2.20. The highest BCUT2D eigenvalue weighted by Crippen LogP contribution is 2.14. The number of hydrogen-bond donors (Lipinski definition) is 1. The fourth-order valence-corrected chi connectivity index (χ4v) is 2.30. The highest BCUT2D eigenvalue weighted by molar-refractivity contribution is 5.18. The summed E-state index contributed by atoms with van der Waals surface area (Å²) in [6.45, 7) is 7.53. The van der Waals surface area contributed by atoms with Crippen molar-refractivity contribution in [1.29, 1.82) is 5.26 Å². The maximum atomic E-state index is 8.64. The number of rotatable bonds is 5. The first-order valence-electron chi connectivity index (χ1n) is 6.23. The number of nitrogens with one attached hydrogen (secondary N) is 1. The summed E-state index contributed by atoms with van der Waals surface area (Å²) in [4.78, 5) is 2.48. The van der Waals surface area contributed by atoms with Gasteiger partial charge in [-0.1, -0.05) is 6.92 Å². The molecule has 1 aromatic heterocycles. The molecule has 1 aliphatic heterocycles. The van der Waals surface area contributed by atoms with Crippen molar-refractivity contribution < 1.29 is 4.42 Å². The number of nitriles is 1. The van der Waals surface area contributed by atoms with Crippen LogP contribution in [0.25, 0.3) is 0 Å². The second kappa shape index (κ2) is 5.85. The summed E-state index contributed by atoms with van der Waals surface area (Å²) in [5.41, 5.74) is 0. The topological polar surface area (TPSA) is 52.2 Å². The van der Waals surface area contributed by atoms with Crippen molar-refractivity contribution in [1.82, 2.24) is 10.2 Å². The molecule has 1 aromatic rings. The van der Waals surface area contributed by atoms with Crippen molar-refractivity contribution in [3.63, 3.8) is 0 Å². The number of nitrogens with zero attached hydrogens (tertiary/aromatic N) is 2. The van der Waals surface area contributed by atoms with Crippen LogP contribution < -0.4 is 5.32 Å². The molecule has 1 atom stereocenters. The monoisotopic (exact) mass is 233 g/mol. The molecule has 1 saturated heterocycles. The van der Waals surface area contributed by atoms with Crippen LogP contribution >= 0.6 is 0 Å². The van der Waals surface area contributed by atoms with E-state index in [1.807, 2.05) is 12.1 Å². The summed E-state index contributed by atoms with van der Waals surface area (Å²) in [6, 6.07) is 5.56. The van der Waals surface area contributed by atoms with E-state index >= 15 is 0 Å². The highest BCUT2D eigenvalue weighted by atomic mass is 16.3. The first-order valence-corrected chi connectivity index (χ1v) is 6.23. The molecule has 1 fully saturated rings. The van der Waals surface area contributed by atoms with Crippen LogP contribution in [-0.4, -0.2) is 31.1 Å². The van der Waals surface area contributed by atoms with Gasteiger partial charge >= 0.3 is 0 Å². The molecule has 0 bridgehead atoms. The maximum absolute atomic E-state index is 8.64. The average Bonchev–Trinajstić information content (AvgIpc) is 2.97. The third kappa shape index (κ3) is 3.32. The molecule has 0 aliphatic carbocycles. The Hall–Kier alpha value is -1.31. The standard InChI is InChI=1S/C13H19N3O/c1-2-16-6-5-11(10-16)8-15-9-13-4-3-12(7-14)17-13/h3-4,11,15H,2,5-6,8-10H2,1H3. The number of hydrogen-bond acceptors (Lipinski definition) is 4. The first kappa shape index (κ1) is 12.2. The lowest BCUT2D eigenvalue weighted by Crippen LogP contribution is -2.26. The van der Waals surface area contributed by atoms with Crippen molar-refractivity contribution >= 4 is 0 Å². The third-order valence-corrected chi connectivity index (χ3v) is 3.32. The molecule has 0 aromatic carbocycles. The van der Waals surface area contributed by atoms with Crippen LogP contribution in [-0.2, 0) is 6.54 Å². The van der Waals surface area contributed by atoms with E-state index in [0.29, 0.717) is 12.3 Å². The van der Waals surface area contributed by atoms with Gasteiger partial charge in [-0.2, -0.15) is 5.26 Å². The summed E-state index contributed by atoms with van der Waals surface area (Å²) in [5, 5.41) is 12.0. The van der Waals surface area contributed by atoms with Crippen molar-refractivity contribution in [2.75, 3.05) is 26.2 Å². The van der Waals surface area contributed by atoms with Gasteiger partial charge in [0.05, 0.1) is 6.54 Å². The van der Waals surface area contributed by atoms with Crippen LogP contribution in [0.5, 0.6) is 0 Å². The van der Waals surface area contributed by atoms with Crippen LogP contribution in [0.1, 0.15) is 24.9 Å². The fraction of sp³-hybridized carbons (Fsp3) is 0.615. The van der Waals surface area contributed by atoms with E-state index in [1.165, 1.54) is 19.5 Å². The summed E-state index contributed by atoms with van der Waals surface area (Å²) in [6.07, 6.45) is 1.28. The summed E-state index contributed by atoms with van der Waals surface area (Å²) in [7, 11) is 0. The SMILES string of the molecule is CCN1CCC(CNCc2ccc(C#N)o2)C1. The van der Waals surface area contributed by atoms with E-state index in [4.69, 9.17) is 9.68 Å². The lowest BCUT2D eigenvalue weighted by molar-refractivity contribution is 0.337. The number of likely N-dealkylation sites (tertiary alicyclic amines) is 1. The van der Waals surface area contributed by atoms with Gasteiger partial charge in [-0.25, -0.2) is 0 Å². The molecule has 1 N–H and O–H groups in total. The quantitative estimate of drug-likeness (QED) is 0.839. The van der Waals surface area contributed by atoms with Crippen molar-refractivity contribution in [2.24, 2.45) is 5.92 Å². The Morgan fingerprint density at radius 2 is 2.47 bits per heavy atom. The summed E-state index contributed by atoms with van der Waals surface area (Å²) in [5.74, 6) is 1.98. The molecule has 2 rings (SSSR count). The molecular formula is C13H19N3O. The van der Waals surface area contributed by atoms with E-state index in [-0.39, 0.29) is 0 Å². The lowest BCUT2D eigenvalue weighted by atomic mass is 10.1. The minimum absolute atomic E-state index is 0.389. The molecule has 2 heterocycles. The normalized spacial score (nSPS) is 20.6. The van der Waals surface area contributed by atoms with Gasteiger partial charge in [0.1, 0.15) is 11.8 Å². The average molecular weight is 233 g/mol. The predicted molar refractivity (Wildman–Crippen MR) is 65.4 cm³/mol. The van der Waals surface area contributed by atoms with E-state index in [1.54, 1.807) is 6.07 Å². The van der Waals surface area contributed by atoms with E-state index in [9.17, 15) is 0 Å². The summed E-state index contributed by atoms with van der Waals surface area (Å²) < 4.78 is 5.31. The largest absolute Gasteiger partial charge is 0.449 e. The molecule has 1 aliphatic rings. The smallest absolute Gasteiger partial charge is 0.203 e. The maximum Gasteiger partial charge on any atom is 0.203 e. The minimum Gasteiger partial charge on any atom is -0.449 e. The molecule has 0 amide bonds. The molecular weight excluding hydrogens is 214 g/mol. The zero-order valence-corrected chi connectivity index (χ0v) is 10.3. The Morgan fingerprint density at radius 1 is 1.59 bits per heavy atom.